The summed E-state index contributed by atoms with van der Waals surface area (Å²) in [4.78, 5) is 6.82. The van der Waals surface area contributed by atoms with Gasteiger partial charge < -0.3 is 15.8 Å². The van der Waals surface area contributed by atoms with Gasteiger partial charge in [0.15, 0.2) is 5.84 Å². The van der Waals surface area contributed by atoms with E-state index in [1.54, 1.807) is 6.20 Å². The zero-order valence-corrected chi connectivity index (χ0v) is 12.5. The average molecular weight is 276 g/mol. The smallest absolute Gasteiger partial charge is 0.174 e. The third kappa shape index (κ3) is 3.21. The fraction of sp³-hybridized carbons (Fsp3) is 0.600. The van der Waals surface area contributed by atoms with Gasteiger partial charge in [0.05, 0.1) is 5.56 Å². The first kappa shape index (κ1) is 14.6. The molecule has 1 heterocycles. The van der Waals surface area contributed by atoms with Gasteiger partial charge in [-0.05, 0) is 43.7 Å². The number of nitrogens with two attached hydrogens (primary N) is 1. The van der Waals surface area contributed by atoms with E-state index < -0.39 is 0 Å². The van der Waals surface area contributed by atoms with E-state index >= 15 is 0 Å². The summed E-state index contributed by atoms with van der Waals surface area (Å²) in [6.45, 7) is 7.37. The Morgan fingerprint density at radius 2 is 2.25 bits per heavy atom. The largest absolute Gasteiger partial charge is 0.409 e. The zero-order valence-electron chi connectivity index (χ0n) is 12.5. The maximum Gasteiger partial charge on any atom is 0.174 e. The van der Waals surface area contributed by atoms with Gasteiger partial charge in [-0.25, -0.2) is 4.98 Å². The molecule has 0 unspecified atom stereocenters. The van der Waals surface area contributed by atoms with E-state index in [1.807, 2.05) is 13.0 Å². The first-order valence-electron chi connectivity index (χ1n) is 7.24. The van der Waals surface area contributed by atoms with Crippen molar-refractivity contribution >= 4 is 11.7 Å². The number of anilines is 1. The van der Waals surface area contributed by atoms with Crippen LogP contribution in [0.25, 0.3) is 0 Å². The molecule has 0 spiro atoms. The van der Waals surface area contributed by atoms with Crippen LogP contribution in [-0.2, 0) is 0 Å². The van der Waals surface area contributed by atoms with Gasteiger partial charge in [-0.2, -0.15) is 0 Å². The molecule has 0 aromatic carbocycles. The Labute approximate surface area is 120 Å². The van der Waals surface area contributed by atoms with Crippen LogP contribution in [0, 0.1) is 12.8 Å². The van der Waals surface area contributed by atoms with Crippen LogP contribution >= 0.6 is 0 Å². The van der Waals surface area contributed by atoms with E-state index in [1.165, 1.54) is 12.8 Å². The first-order chi connectivity index (χ1) is 9.54. The summed E-state index contributed by atoms with van der Waals surface area (Å²) in [7, 11) is 0. The Hall–Kier alpha value is -1.78. The highest BCUT2D eigenvalue weighted by Gasteiger charge is 2.32. The van der Waals surface area contributed by atoms with E-state index in [-0.39, 0.29) is 5.84 Å². The van der Waals surface area contributed by atoms with Crippen LogP contribution in [0.15, 0.2) is 17.4 Å². The molecule has 5 heteroatoms. The summed E-state index contributed by atoms with van der Waals surface area (Å²) in [5.74, 6) is 1.64. The molecule has 110 valence electrons. The Bertz CT molecular complexity index is 495. The fourth-order valence-corrected chi connectivity index (χ4v) is 2.37. The SMILES string of the molecule is Cc1ccnc(N(CCC(C)C)C2CC2)c1/C(N)=N/O. The second-order valence-corrected chi connectivity index (χ2v) is 5.92. The molecule has 0 amide bonds. The lowest BCUT2D eigenvalue weighted by Gasteiger charge is -2.27. The summed E-state index contributed by atoms with van der Waals surface area (Å²) >= 11 is 0. The lowest BCUT2D eigenvalue weighted by molar-refractivity contribution is 0.318. The number of hydrogen-bond donors (Lipinski definition) is 2. The van der Waals surface area contributed by atoms with E-state index in [0.29, 0.717) is 12.0 Å². The number of aromatic nitrogens is 1. The van der Waals surface area contributed by atoms with E-state index in [0.717, 1.165) is 29.9 Å². The van der Waals surface area contributed by atoms with Gasteiger partial charge in [-0.3, -0.25) is 0 Å². The topological polar surface area (TPSA) is 74.7 Å². The maximum absolute atomic E-state index is 9.01. The van der Waals surface area contributed by atoms with E-state index in [9.17, 15) is 0 Å². The van der Waals surface area contributed by atoms with Crippen molar-refractivity contribution in [1.29, 1.82) is 0 Å². The average Bonchev–Trinajstić information content (AvgIpc) is 3.22. The van der Waals surface area contributed by atoms with Crippen LogP contribution < -0.4 is 10.6 Å². The highest BCUT2D eigenvalue weighted by Crippen LogP contribution is 2.33. The lowest BCUT2D eigenvalue weighted by Crippen LogP contribution is -2.32. The molecular formula is C15H24N4O. The highest BCUT2D eigenvalue weighted by molar-refractivity contribution is 6.02. The number of hydrogen-bond acceptors (Lipinski definition) is 4. The standard InChI is InChI=1S/C15H24N4O/c1-10(2)7-9-19(12-4-5-12)15-13(14(16)18-20)11(3)6-8-17-15/h6,8,10,12,20H,4-5,7,9H2,1-3H3,(H2,16,18). The second-order valence-electron chi connectivity index (χ2n) is 5.92. The minimum Gasteiger partial charge on any atom is -0.409 e. The van der Waals surface area contributed by atoms with Crippen LogP contribution in [0.2, 0.25) is 0 Å². The first-order valence-corrected chi connectivity index (χ1v) is 7.24. The molecule has 0 saturated heterocycles. The van der Waals surface area contributed by atoms with Crippen LogP contribution in [0.5, 0.6) is 0 Å². The normalized spacial score (nSPS) is 15.7. The molecule has 1 aromatic rings. The van der Waals surface area contributed by atoms with Crippen molar-refractivity contribution in [2.24, 2.45) is 16.8 Å². The molecule has 0 atom stereocenters. The molecule has 1 aromatic heterocycles. The molecule has 0 radical (unpaired) electrons. The minimum absolute atomic E-state index is 0.140. The Kier molecular flexibility index (Phi) is 4.47. The Morgan fingerprint density at radius 1 is 1.55 bits per heavy atom. The van der Waals surface area contributed by atoms with Crippen molar-refractivity contribution in [3.05, 3.63) is 23.4 Å². The third-order valence-electron chi connectivity index (χ3n) is 3.71. The van der Waals surface area contributed by atoms with Gasteiger partial charge in [0, 0.05) is 18.8 Å². The van der Waals surface area contributed by atoms with Gasteiger partial charge in [0.25, 0.3) is 0 Å². The van der Waals surface area contributed by atoms with Crippen LogP contribution in [0.3, 0.4) is 0 Å². The maximum atomic E-state index is 9.01. The fourth-order valence-electron chi connectivity index (χ4n) is 2.37. The lowest BCUT2D eigenvalue weighted by atomic mass is 10.1. The van der Waals surface area contributed by atoms with Gasteiger partial charge in [0.2, 0.25) is 0 Å². The molecule has 0 bridgehead atoms. The number of oxime groups is 1. The van der Waals surface area contributed by atoms with Crippen molar-refractivity contribution in [3.8, 4) is 0 Å². The third-order valence-corrected chi connectivity index (χ3v) is 3.71. The molecule has 5 nitrogen and oxygen atoms in total. The van der Waals surface area contributed by atoms with Crippen molar-refractivity contribution in [1.82, 2.24) is 4.98 Å². The molecule has 1 aliphatic carbocycles. The molecule has 0 aliphatic heterocycles. The molecule has 1 aliphatic rings. The minimum atomic E-state index is 0.140. The zero-order chi connectivity index (χ0) is 14.7. The summed E-state index contributed by atoms with van der Waals surface area (Å²) in [5, 5.41) is 12.2. The van der Waals surface area contributed by atoms with Crippen molar-refractivity contribution < 1.29 is 5.21 Å². The second kappa shape index (κ2) is 6.11. The molecule has 1 saturated carbocycles. The van der Waals surface area contributed by atoms with E-state index in [2.05, 4.69) is 28.9 Å². The molecular weight excluding hydrogens is 252 g/mol. The summed E-state index contributed by atoms with van der Waals surface area (Å²) in [6, 6.07) is 2.44. The number of nitrogens with zero attached hydrogens (tertiary/aromatic N) is 3. The predicted molar refractivity (Wildman–Crippen MR) is 81.3 cm³/mol. The van der Waals surface area contributed by atoms with Crippen molar-refractivity contribution in [2.75, 3.05) is 11.4 Å². The van der Waals surface area contributed by atoms with Gasteiger partial charge >= 0.3 is 0 Å². The number of pyridine rings is 1. The quantitative estimate of drug-likeness (QED) is 0.362. The Morgan fingerprint density at radius 3 is 2.80 bits per heavy atom. The van der Waals surface area contributed by atoms with Crippen molar-refractivity contribution in [2.45, 2.75) is 46.1 Å². The monoisotopic (exact) mass is 276 g/mol. The van der Waals surface area contributed by atoms with E-state index in [4.69, 9.17) is 10.9 Å². The number of amidine groups is 1. The Balaban J connectivity index is 2.35. The summed E-state index contributed by atoms with van der Waals surface area (Å²) in [6.07, 6.45) is 5.30. The van der Waals surface area contributed by atoms with Crippen LogP contribution in [-0.4, -0.2) is 28.6 Å². The van der Waals surface area contributed by atoms with Crippen molar-refractivity contribution in [3.63, 3.8) is 0 Å². The van der Waals surface area contributed by atoms with Gasteiger partial charge in [-0.15, -0.1) is 0 Å². The summed E-state index contributed by atoms with van der Waals surface area (Å²) < 4.78 is 0. The highest BCUT2D eigenvalue weighted by atomic mass is 16.4. The predicted octanol–water partition coefficient (Wildman–Crippen LogP) is 2.50. The molecule has 20 heavy (non-hydrogen) atoms. The number of rotatable bonds is 6. The van der Waals surface area contributed by atoms with Crippen LogP contribution in [0.1, 0.15) is 44.2 Å². The summed E-state index contributed by atoms with van der Waals surface area (Å²) in [5.41, 5.74) is 7.59. The molecule has 3 N–H and O–H groups in total. The van der Waals surface area contributed by atoms with Crippen LogP contribution in [0.4, 0.5) is 5.82 Å². The number of aryl methyl sites for hydroxylation is 1. The van der Waals surface area contributed by atoms with Gasteiger partial charge in [0.1, 0.15) is 5.82 Å². The molecule has 1 fully saturated rings. The molecule has 2 rings (SSSR count). The van der Waals surface area contributed by atoms with Gasteiger partial charge in [-0.1, -0.05) is 19.0 Å².